The number of nitrogens with one attached hydrogen (secondary N) is 1. The lowest BCUT2D eigenvalue weighted by Crippen LogP contribution is -2.46. The second kappa shape index (κ2) is 8.51. The summed E-state index contributed by atoms with van der Waals surface area (Å²) in [5, 5.41) is 2.38. The zero-order valence-electron chi connectivity index (χ0n) is 10.0. The molecule has 0 bridgehead atoms. The highest BCUT2D eigenvalue weighted by Gasteiger charge is 2.19. The predicted octanol–water partition coefficient (Wildman–Crippen LogP) is -1.05. The van der Waals surface area contributed by atoms with Gasteiger partial charge in [0.05, 0.1) is 7.11 Å². The quantitative estimate of drug-likeness (QED) is 0.531. The van der Waals surface area contributed by atoms with Crippen LogP contribution >= 0.6 is 0 Å². The molecule has 0 aliphatic heterocycles. The highest BCUT2D eigenvalue weighted by molar-refractivity contribution is 5.87. The summed E-state index contributed by atoms with van der Waals surface area (Å²) >= 11 is 0. The third-order valence-electron chi connectivity index (χ3n) is 1.98. The van der Waals surface area contributed by atoms with Gasteiger partial charge in [-0.25, -0.2) is 0 Å². The van der Waals surface area contributed by atoms with Gasteiger partial charge in [-0.2, -0.15) is 0 Å². The predicted molar refractivity (Wildman–Crippen MR) is 58.9 cm³/mol. The van der Waals surface area contributed by atoms with Gasteiger partial charge in [0.15, 0.2) is 0 Å². The average Bonchev–Trinajstić information content (AvgIpc) is 2.30. The van der Waals surface area contributed by atoms with Crippen LogP contribution in [0, 0.1) is 0 Å². The van der Waals surface area contributed by atoms with Crippen molar-refractivity contribution in [1.29, 1.82) is 0 Å². The maximum atomic E-state index is 11.3. The summed E-state index contributed by atoms with van der Waals surface area (Å²) in [5.74, 6) is -1.60. The minimum atomic E-state index is -0.887. The van der Waals surface area contributed by atoms with Crippen molar-refractivity contribution in [2.45, 2.75) is 25.8 Å². The molecule has 0 aromatic rings. The van der Waals surface area contributed by atoms with Crippen LogP contribution in [0.1, 0.15) is 19.8 Å². The molecule has 1 atom stereocenters. The summed E-state index contributed by atoms with van der Waals surface area (Å²) in [6.07, 6.45) is 0.124. The van der Waals surface area contributed by atoms with Gasteiger partial charge >= 0.3 is 5.97 Å². The lowest BCUT2D eigenvalue weighted by molar-refractivity contribution is -0.141. The molecule has 7 heteroatoms. The van der Waals surface area contributed by atoms with Crippen molar-refractivity contribution in [2.75, 3.05) is 20.3 Å². The first-order valence-electron chi connectivity index (χ1n) is 5.24. The minimum Gasteiger partial charge on any atom is -0.469 e. The van der Waals surface area contributed by atoms with Crippen LogP contribution in [0.15, 0.2) is 0 Å². The van der Waals surface area contributed by atoms with Gasteiger partial charge in [0.1, 0.15) is 12.6 Å². The normalized spacial score (nSPS) is 11.6. The Morgan fingerprint density at radius 1 is 1.35 bits per heavy atom. The maximum absolute atomic E-state index is 11.3. The van der Waals surface area contributed by atoms with Gasteiger partial charge in [0.25, 0.3) is 0 Å². The van der Waals surface area contributed by atoms with Crippen LogP contribution < -0.4 is 11.1 Å². The van der Waals surface area contributed by atoms with E-state index in [1.54, 1.807) is 6.92 Å². The van der Waals surface area contributed by atoms with Crippen molar-refractivity contribution in [3.8, 4) is 0 Å². The van der Waals surface area contributed by atoms with Crippen LogP contribution in [0.3, 0.4) is 0 Å². The fourth-order valence-corrected chi connectivity index (χ4v) is 1.08. The third kappa shape index (κ3) is 7.29. The number of methoxy groups -OCH3 is 1. The molecule has 0 aliphatic rings. The second-order valence-electron chi connectivity index (χ2n) is 3.27. The van der Waals surface area contributed by atoms with Gasteiger partial charge in [-0.3, -0.25) is 14.4 Å². The van der Waals surface area contributed by atoms with Crippen molar-refractivity contribution < 1.29 is 23.9 Å². The lowest BCUT2D eigenvalue weighted by Gasteiger charge is -2.14. The highest BCUT2D eigenvalue weighted by atomic mass is 16.5. The largest absolute Gasteiger partial charge is 0.469 e. The molecule has 0 unspecified atom stereocenters. The number of carbonyl (C=O) groups is 3. The second-order valence-corrected chi connectivity index (χ2v) is 3.27. The monoisotopic (exact) mass is 246 g/mol. The first kappa shape index (κ1) is 15.4. The number of esters is 1. The van der Waals surface area contributed by atoms with Crippen LogP contribution in [0.2, 0.25) is 0 Å². The summed E-state index contributed by atoms with van der Waals surface area (Å²) in [4.78, 5) is 33.2. The Hall–Kier alpha value is -1.63. The van der Waals surface area contributed by atoms with E-state index in [2.05, 4.69) is 10.1 Å². The first-order valence-corrected chi connectivity index (χ1v) is 5.24. The summed E-state index contributed by atoms with van der Waals surface area (Å²) in [6.45, 7) is 2.01. The van der Waals surface area contributed by atoms with Crippen molar-refractivity contribution in [3.05, 3.63) is 0 Å². The van der Waals surface area contributed by atoms with E-state index in [0.717, 1.165) is 0 Å². The zero-order chi connectivity index (χ0) is 13.3. The number of hydrogen-bond acceptors (Lipinski definition) is 5. The molecular weight excluding hydrogens is 228 g/mol. The van der Waals surface area contributed by atoms with E-state index in [0.29, 0.717) is 6.61 Å². The molecule has 7 nitrogen and oxygen atoms in total. The van der Waals surface area contributed by atoms with Gasteiger partial charge in [-0.1, -0.05) is 0 Å². The zero-order valence-corrected chi connectivity index (χ0v) is 10.0. The van der Waals surface area contributed by atoms with Gasteiger partial charge in [0.2, 0.25) is 11.8 Å². The number of rotatable bonds is 8. The Morgan fingerprint density at radius 3 is 2.47 bits per heavy atom. The Morgan fingerprint density at radius 2 is 2.00 bits per heavy atom. The Kier molecular flexibility index (Phi) is 7.70. The smallest absolute Gasteiger partial charge is 0.305 e. The van der Waals surface area contributed by atoms with Gasteiger partial charge in [-0.05, 0) is 13.3 Å². The van der Waals surface area contributed by atoms with Gasteiger partial charge in [0, 0.05) is 13.0 Å². The molecule has 2 amide bonds. The number of ether oxygens (including phenoxy) is 2. The minimum absolute atomic E-state index is 0.0129. The van der Waals surface area contributed by atoms with E-state index >= 15 is 0 Å². The van der Waals surface area contributed by atoms with Crippen LogP contribution in [-0.2, 0) is 23.9 Å². The molecule has 0 saturated carbocycles. The molecule has 0 aromatic carbocycles. The maximum Gasteiger partial charge on any atom is 0.305 e. The van der Waals surface area contributed by atoms with Crippen LogP contribution in [0.4, 0.5) is 0 Å². The SMILES string of the molecule is CCOCC(=O)N[C@@H](CCC(=O)OC)C(N)=O. The summed E-state index contributed by atoms with van der Waals surface area (Å²) in [5.41, 5.74) is 5.09. The van der Waals surface area contributed by atoms with E-state index in [9.17, 15) is 14.4 Å². The number of carbonyl (C=O) groups excluding carboxylic acids is 3. The molecule has 0 fully saturated rings. The van der Waals surface area contributed by atoms with Crippen molar-refractivity contribution in [3.63, 3.8) is 0 Å². The van der Waals surface area contributed by atoms with Crippen LogP contribution in [-0.4, -0.2) is 44.1 Å². The van der Waals surface area contributed by atoms with Crippen LogP contribution in [0.5, 0.6) is 0 Å². The topological polar surface area (TPSA) is 108 Å². The molecule has 0 spiro atoms. The van der Waals surface area contributed by atoms with Crippen molar-refractivity contribution in [1.82, 2.24) is 5.32 Å². The molecular formula is C10H18N2O5. The Balaban J connectivity index is 4.10. The number of amides is 2. The third-order valence-corrected chi connectivity index (χ3v) is 1.98. The molecule has 0 aliphatic carbocycles. The molecule has 0 rings (SSSR count). The van der Waals surface area contributed by atoms with Gasteiger partial charge in [-0.15, -0.1) is 0 Å². The fourth-order valence-electron chi connectivity index (χ4n) is 1.08. The molecule has 98 valence electrons. The van der Waals surface area contributed by atoms with E-state index in [4.69, 9.17) is 10.5 Å². The molecule has 3 N–H and O–H groups in total. The number of hydrogen-bond donors (Lipinski definition) is 2. The Labute approximate surface area is 99.6 Å². The molecule has 0 radical (unpaired) electrons. The van der Waals surface area contributed by atoms with E-state index in [1.165, 1.54) is 7.11 Å². The van der Waals surface area contributed by atoms with E-state index in [1.807, 2.05) is 0 Å². The summed E-state index contributed by atoms with van der Waals surface area (Å²) < 4.78 is 9.29. The number of primary amides is 1. The Bertz CT molecular complexity index is 280. The summed E-state index contributed by atoms with van der Waals surface area (Å²) in [7, 11) is 1.25. The van der Waals surface area contributed by atoms with Crippen molar-refractivity contribution >= 4 is 17.8 Å². The number of nitrogens with two attached hydrogens (primary N) is 1. The lowest BCUT2D eigenvalue weighted by atomic mass is 10.1. The molecule has 0 heterocycles. The van der Waals surface area contributed by atoms with Crippen molar-refractivity contribution in [2.24, 2.45) is 5.73 Å². The first-order chi connectivity index (χ1) is 8.01. The average molecular weight is 246 g/mol. The van der Waals surface area contributed by atoms with Crippen LogP contribution in [0.25, 0.3) is 0 Å². The standard InChI is InChI=1S/C10H18N2O5/c1-3-17-6-8(13)12-7(10(11)15)4-5-9(14)16-2/h7H,3-6H2,1-2H3,(H2,11,15)(H,12,13)/t7-/m0/s1. The molecule has 0 saturated heterocycles. The summed E-state index contributed by atoms with van der Waals surface area (Å²) in [6, 6.07) is -0.887. The fraction of sp³-hybridized carbons (Fsp3) is 0.700. The van der Waals surface area contributed by atoms with E-state index in [-0.39, 0.29) is 19.4 Å². The highest BCUT2D eigenvalue weighted by Crippen LogP contribution is 1.98. The molecule has 17 heavy (non-hydrogen) atoms. The van der Waals surface area contributed by atoms with E-state index < -0.39 is 23.8 Å². The van der Waals surface area contributed by atoms with Gasteiger partial charge < -0.3 is 20.5 Å². The molecule has 0 aromatic heterocycles.